The predicted octanol–water partition coefficient (Wildman–Crippen LogP) is 2.35. The van der Waals surface area contributed by atoms with Gasteiger partial charge in [0.15, 0.2) is 0 Å². The molecule has 1 heterocycles. The zero-order valence-electron chi connectivity index (χ0n) is 12.5. The number of primary amides is 2. The molecule has 2 aromatic rings. The molecule has 0 radical (unpaired) electrons. The lowest BCUT2D eigenvalue weighted by Crippen LogP contribution is -2.22. The summed E-state index contributed by atoms with van der Waals surface area (Å²) in [4.78, 5) is 25.6. The molecular weight excluding hydrogens is 364 g/mol. The third-order valence-corrected chi connectivity index (χ3v) is 3.42. The number of nitrogens with two attached hydrogens (primary N) is 2. The van der Waals surface area contributed by atoms with Gasteiger partial charge in [-0.3, -0.25) is 10.1 Å². The van der Waals surface area contributed by atoms with Gasteiger partial charge in [-0.15, -0.1) is 0 Å². The number of benzene rings is 1. The van der Waals surface area contributed by atoms with Crippen molar-refractivity contribution < 1.29 is 14.3 Å². The maximum atomic E-state index is 11.5. The minimum absolute atomic E-state index is 0.145. The maximum absolute atomic E-state index is 11.5. The van der Waals surface area contributed by atoms with E-state index in [4.69, 9.17) is 16.2 Å². The molecule has 6 N–H and O–H groups in total. The number of anilines is 1. The molecule has 3 amide bonds. The number of hydrogen-bond donors (Lipinski definition) is 4. The summed E-state index contributed by atoms with van der Waals surface area (Å²) in [5.74, 6) is 0.137. The number of aromatic amines is 1. The molecule has 0 unspecified atom stereocenters. The van der Waals surface area contributed by atoms with Crippen molar-refractivity contribution in [3.05, 3.63) is 35.4 Å². The van der Waals surface area contributed by atoms with Gasteiger partial charge >= 0.3 is 6.03 Å². The van der Waals surface area contributed by atoms with Gasteiger partial charge in [0.05, 0.1) is 17.9 Å². The summed E-state index contributed by atoms with van der Waals surface area (Å²) in [5.41, 5.74) is 13.0. The Morgan fingerprint density at radius 1 is 1.30 bits per heavy atom. The van der Waals surface area contributed by atoms with E-state index in [1.165, 1.54) is 0 Å². The van der Waals surface area contributed by atoms with Gasteiger partial charge in [-0.2, -0.15) is 0 Å². The summed E-state index contributed by atoms with van der Waals surface area (Å²) in [6, 6.07) is 6.45. The van der Waals surface area contributed by atoms with Gasteiger partial charge in [0.25, 0.3) is 5.91 Å². The molecule has 0 bridgehead atoms. The molecule has 0 saturated heterocycles. The number of nitrogens with one attached hydrogen (secondary N) is 2. The van der Waals surface area contributed by atoms with Crippen LogP contribution < -0.4 is 21.5 Å². The Hall–Kier alpha value is -2.48. The van der Waals surface area contributed by atoms with E-state index in [0.717, 1.165) is 11.1 Å². The van der Waals surface area contributed by atoms with Crippen LogP contribution in [0.1, 0.15) is 15.9 Å². The molecule has 1 aromatic heterocycles. The Bertz CT molecular complexity index is 742. The van der Waals surface area contributed by atoms with Crippen LogP contribution in [0.4, 0.5) is 10.6 Å². The van der Waals surface area contributed by atoms with E-state index in [-0.39, 0.29) is 11.4 Å². The molecule has 0 spiro atoms. The highest BCUT2D eigenvalue weighted by Crippen LogP contribution is 2.33. The van der Waals surface area contributed by atoms with Crippen molar-refractivity contribution in [3.63, 3.8) is 0 Å². The fourth-order valence-corrected chi connectivity index (χ4v) is 2.31. The van der Waals surface area contributed by atoms with Crippen LogP contribution in [0.25, 0.3) is 11.3 Å². The second-order valence-electron chi connectivity index (χ2n) is 4.86. The van der Waals surface area contributed by atoms with Crippen molar-refractivity contribution in [1.82, 2.24) is 4.98 Å². The van der Waals surface area contributed by atoms with E-state index in [1.54, 1.807) is 6.07 Å². The van der Waals surface area contributed by atoms with Crippen LogP contribution in [-0.4, -0.2) is 28.9 Å². The first-order valence-electron chi connectivity index (χ1n) is 6.81. The lowest BCUT2D eigenvalue weighted by molar-refractivity contribution is 0.100. The minimum Gasteiger partial charge on any atom is -0.492 e. The zero-order chi connectivity index (χ0) is 17.0. The van der Waals surface area contributed by atoms with Crippen molar-refractivity contribution in [2.24, 2.45) is 11.5 Å². The average Bonchev–Trinajstić information content (AvgIpc) is 2.89. The summed E-state index contributed by atoms with van der Waals surface area (Å²) < 4.78 is 5.69. The second-order valence-corrected chi connectivity index (χ2v) is 5.66. The summed E-state index contributed by atoms with van der Waals surface area (Å²) in [6.45, 7) is 2.43. The van der Waals surface area contributed by atoms with Crippen LogP contribution in [0.15, 0.2) is 24.3 Å². The molecule has 2 rings (SSSR count). The summed E-state index contributed by atoms with van der Waals surface area (Å²) >= 11 is 3.31. The Kier molecular flexibility index (Phi) is 5.28. The van der Waals surface area contributed by atoms with E-state index in [1.807, 2.05) is 25.1 Å². The smallest absolute Gasteiger partial charge is 0.317 e. The van der Waals surface area contributed by atoms with Gasteiger partial charge < -0.3 is 21.2 Å². The number of halogens is 1. The quantitative estimate of drug-likeness (QED) is 0.574. The number of aromatic nitrogens is 1. The third kappa shape index (κ3) is 4.04. The summed E-state index contributed by atoms with van der Waals surface area (Å²) in [5, 5.41) is 3.04. The van der Waals surface area contributed by atoms with Crippen LogP contribution in [0.5, 0.6) is 5.75 Å². The standard InChI is InChI=1S/C15H17BrN4O3/c1-8-2-3-12(23-5-4-16)9(6-8)11-7-10(13(17)21)14(19-11)20-15(18)22/h2-3,6-7,19H,4-5H2,1H3,(H2,17,21)(H3,18,20,22). The fourth-order valence-electron chi connectivity index (χ4n) is 2.14. The highest BCUT2D eigenvalue weighted by atomic mass is 79.9. The van der Waals surface area contributed by atoms with E-state index >= 15 is 0 Å². The first-order valence-corrected chi connectivity index (χ1v) is 7.93. The number of amides is 3. The SMILES string of the molecule is Cc1ccc(OCCBr)c(-c2cc(C(N)=O)c(NC(N)=O)[nH]2)c1. The van der Waals surface area contributed by atoms with Crippen molar-refractivity contribution in [2.45, 2.75) is 6.92 Å². The third-order valence-electron chi connectivity index (χ3n) is 3.09. The predicted molar refractivity (Wildman–Crippen MR) is 92.0 cm³/mol. The van der Waals surface area contributed by atoms with Crippen molar-refractivity contribution in [3.8, 4) is 17.0 Å². The maximum Gasteiger partial charge on any atom is 0.317 e. The van der Waals surface area contributed by atoms with Crippen LogP contribution in [0, 0.1) is 6.92 Å². The lowest BCUT2D eigenvalue weighted by atomic mass is 10.1. The van der Waals surface area contributed by atoms with Gasteiger partial charge in [0, 0.05) is 10.9 Å². The van der Waals surface area contributed by atoms with Crippen LogP contribution >= 0.6 is 15.9 Å². The molecule has 1 aromatic carbocycles. The monoisotopic (exact) mass is 380 g/mol. The zero-order valence-corrected chi connectivity index (χ0v) is 14.1. The molecule has 0 aliphatic heterocycles. The second kappa shape index (κ2) is 7.19. The minimum atomic E-state index is -0.791. The molecule has 7 nitrogen and oxygen atoms in total. The van der Waals surface area contributed by atoms with Crippen LogP contribution in [0.3, 0.4) is 0 Å². The van der Waals surface area contributed by atoms with Crippen LogP contribution in [-0.2, 0) is 0 Å². The van der Waals surface area contributed by atoms with Crippen molar-refractivity contribution in [1.29, 1.82) is 0 Å². The number of carbonyl (C=O) groups is 2. The average molecular weight is 381 g/mol. The van der Waals surface area contributed by atoms with Gasteiger partial charge in [-0.25, -0.2) is 4.79 Å². The lowest BCUT2D eigenvalue weighted by Gasteiger charge is -2.10. The Labute approximate surface area is 141 Å². The molecule has 0 fully saturated rings. The normalized spacial score (nSPS) is 10.3. The number of ether oxygens (including phenoxy) is 1. The van der Waals surface area contributed by atoms with Crippen molar-refractivity contribution in [2.75, 3.05) is 17.3 Å². The molecule has 0 aliphatic carbocycles. The molecule has 0 saturated carbocycles. The number of urea groups is 1. The Morgan fingerprint density at radius 3 is 2.65 bits per heavy atom. The number of hydrogen-bond acceptors (Lipinski definition) is 3. The van der Waals surface area contributed by atoms with Gasteiger partial charge in [-0.05, 0) is 25.1 Å². The first-order chi connectivity index (χ1) is 10.9. The molecular formula is C15H17BrN4O3. The first kappa shape index (κ1) is 16.9. The Balaban J connectivity index is 2.51. The van der Waals surface area contributed by atoms with E-state index < -0.39 is 11.9 Å². The Morgan fingerprint density at radius 2 is 2.04 bits per heavy atom. The summed E-state index contributed by atoms with van der Waals surface area (Å²) in [6.07, 6.45) is 0. The van der Waals surface area contributed by atoms with Gasteiger partial charge in [0.2, 0.25) is 0 Å². The number of carbonyl (C=O) groups excluding carboxylic acids is 2. The number of aryl methyl sites for hydroxylation is 1. The van der Waals surface area contributed by atoms with E-state index in [9.17, 15) is 9.59 Å². The van der Waals surface area contributed by atoms with E-state index in [2.05, 4.69) is 26.2 Å². The molecule has 0 atom stereocenters. The molecule has 122 valence electrons. The van der Waals surface area contributed by atoms with E-state index in [0.29, 0.717) is 23.4 Å². The summed E-state index contributed by atoms with van der Waals surface area (Å²) in [7, 11) is 0. The highest BCUT2D eigenvalue weighted by Gasteiger charge is 2.17. The topological polar surface area (TPSA) is 123 Å². The molecule has 0 aliphatic rings. The number of alkyl halides is 1. The molecule has 8 heteroatoms. The van der Waals surface area contributed by atoms with Crippen LogP contribution in [0.2, 0.25) is 0 Å². The largest absolute Gasteiger partial charge is 0.492 e. The highest BCUT2D eigenvalue weighted by molar-refractivity contribution is 9.09. The van der Waals surface area contributed by atoms with Gasteiger partial charge in [-0.1, -0.05) is 27.6 Å². The van der Waals surface area contributed by atoms with Gasteiger partial charge in [0.1, 0.15) is 11.6 Å². The number of rotatable bonds is 6. The fraction of sp³-hybridized carbons (Fsp3) is 0.200. The molecule has 23 heavy (non-hydrogen) atoms. The number of H-pyrrole nitrogens is 1. The van der Waals surface area contributed by atoms with Crippen molar-refractivity contribution >= 4 is 33.7 Å².